The topological polar surface area (TPSA) is 38.5 Å². The van der Waals surface area contributed by atoms with E-state index in [0.29, 0.717) is 6.10 Å². The Balaban J connectivity index is 0.000000605. The maximum Gasteiger partial charge on any atom is 0.0917 e. The maximum absolute atomic E-state index is 5.13. The number of nitrogens with zero attached hydrogens (tertiary/aromatic N) is 1. The fraction of sp³-hybridized carbons (Fsp3) is 1.00. The van der Waals surface area contributed by atoms with E-state index in [1.807, 2.05) is 0 Å². The lowest BCUT2D eigenvalue weighted by Crippen LogP contribution is -2.39. The Kier molecular flexibility index (Phi) is 5.45. The largest absolute Gasteiger partial charge is 0.300 e. The molecule has 0 aromatic carbocycles. The first-order valence-corrected chi connectivity index (χ1v) is 3.96. The Morgan fingerprint density at radius 3 is 2.58 bits per heavy atom. The number of rotatable bonds is 1. The van der Waals surface area contributed by atoms with Gasteiger partial charge in [-0.2, -0.15) is 0 Å². The summed E-state index contributed by atoms with van der Waals surface area (Å²) in [7, 11) is 0. The van der Waals surface area contributed by atoms with Crippen LogP contribution in [0.2, 0.25) is 0 Å². The molecule has 2 saturated heterocycles. The second-order valence-corrected chi connectivity index (χ2v) is 3.41. The van der Waals surface area contributed by atoms with Crippen LogP contribution in [0.25, 0.3) is 0 Å². The van der Waals surface area contributed by atoms with E-state index in [-0.39, 0.29) is 24.8 Å². The van der Waals surface area contributed by atoms with E-state index in [1.54, 1.807) is 0 Å². The molecule has 2 heterocycles. The van der Waals surface area contributed by atoms with Crippen LogP contribution in [0.15, 0.2) is 0 Å². The highest BCUT2D eigenvalue weighted by Crippen LogP contribution is 2.27. The molecule has 0 spiro atoms. The molecule has 12 heavy (non-hydrogen) atoms. The molecule has 2 aliphatic rings. The van der Waals surface area contributed by atoms with Gasteiger partial charge in [-0.3, -0.25) is 4.84 Å². The SMILES string of the molecule is Cl.Cl.NOC1CC2CCN(C2)C1. The molecule has 2 aliphatic heterocycles. The van der Waals surface area contributed by atoms with Gasteiger partial charge in [0.1, 0.15) is 0 Å². The average molecular weight is 215 g/mol. The van der Waals surface area contributed by atoms with Crippen LogP contribution in [0.3, 0.4) is 0 Å². The van der Waals surface area contributed by atoms with E-state index in [9.17, 15) is 0 Å². The van der Waals surface area contributed by atoms with Crippen LogP contribution in [0.4, 0.5) is 0 Å². The standard InChI is InChI=1S/C7H14N2O.2ClH/c8-10-7-3-6-1-2-9(4-6)5-7;;/h6-7H,1-5,8H2;2*1H. The minimum Gasteiger partial charge on any atom is -0.300 e. The minimum absolute atomic E-state index is 0. The van der Waals surface area contributed by atoms with Gasteiger partial charge in [-0.15, -0.1) is 24.8 Å². The number of halogens is 2. The van der Waals surface area contributed by atoms with Crippen molar-refractivity contribution < 1.29 is 4.84 Å². The molecule has 0 aromatic heterocycles. The fourth-order valence-corrected chi connectivity index (χ4v) is 2.10. The van der Waals surface area contributed by atoms with E-state index in [0.717, 1.165) is 12.5 Å². The summed E-state index contributed by atoms with van der Waals surface area (Å²) >= 11 is 0. The van der Waals surface area contributed by atoms with E-state index < -0.39 is 0 Å². The summed E-state index contributed by atoms with van der Waals surface area (Å²) in [5.74, 6) is 5.99. The Hall–Kier alpha value is 0.460. The quantitative estimate of drug-likeness (QED) is 0.658. The van der Waals surface area contributed by atoms with E-state index in [2.05, 4.69) is 4.90 Å². The van der Waals surface area contributed by atoms with Crippen LogP contribution in [0, 0.1) is 5.92 Å². The van der Waals surface area contributed by atoms with Gasteiger partial charge in [-0.1, -0.05) is 0 Å². The molecule has 3 unspecified atom stereocenters. The Morgan fingerprint density at radius 2 is 2.00 bits per heavy atom. The van der Waals surface area contributed by atoms with Gasteiger partial charge in [0.25, 0.3) is 0 Å². The third kappa shape index (κ3) is 2.47. The predicted molar refractivity (Wildman–Crippen MR) is 52.7 cm³/mol. The number of fused-ring (bicyclic) bond motifs is 2. The summed E-state index contributed by atoms with van der Waals surface area (Å²) in [4.78, 5) is 7.27. The zero-order chi connectivity index (χ0) is 6.97. The Morgan fingerprint density at radius 1 is 1.25 bits per heavy atom. The monoisotopic (exact) mass is 214 g/mol. The van der Waals surface area contributed by atoms with Crippen LogP contribution in [-0.4, -0.2) is 30.6 Å². The van der Waals surface area contributed by atoms with Gasteiger partial charge in [-0.05, 0) is 25.3 Å². The molecular weight excluding hydrogens is 199 g/mol. The predicted octanol–water partition coefficient (Wildman–Crippen LogP) is 0.815. The third-order valence-corrected chi connectivity index (χ3v) is 2.62. The summed E-state index contributed by atoms with van der Waals surface area (Å²) < 4.78 is 0. The summed E-state index contributed by atoms with van der Waals surface area (Å²) in [6, 6.07) is 0. The van der Waals surface area contributed by atoms with Gasteiger partial charge in [0.05, 0.1) is 6.10 Å². The van der Waals surface area contributed by atoms with Crippen molar-refractivity contribution in [2.45, 2.75) is 18.9 Å². The third-order valence-electron chi connectivity index (χ3n) is 2.62. The van der Waals surface area contributed by atoms with Crippen LogP contribution in [0.1, 0.15) is 12.8 Å². The maximum atomic E-state index is 5.13. The van der Waals surface area contributed by atoms with Crippen molar-refractivity contribution in [1.82, 2.24) is 4.90 Å². The average Bonchev–Trinajstić information content (AvgIpc) is 2.30. The van der Waals surface area contributed by atoms with Gasteiger partial charge in [-0.25, -0.2) is 5.90 Å². The van der Waals surface area contributed by atoms with Gasteiger partial charge in [0.15, 0.2) is 0 Å². The normalized spacial score (nSPS) is 38.2. The van der Waals surface area contributed by atoms with Crippen LogP contribution < -0.4 is 5.90 Å². The van der Waals surface area contributed by atoms with Gasteiger partial charge in [0.2, 0.25) is 0 Å². The highest BCUT2D eigenvalue weighted by molar-refractivity contribution is 5.85. The van der Waals surface area contributed by atoms with Crippen molar-refractivity contribution >= 4 is 24.8 Å². The fourth-order valence-electron chi connectivity index (χ4n) is 2.10. The molecule has 0 saturated carbocycles. The smallest absolute Gasteiger partial charge is 0.0917 e. The number of hydrogen-bond acceptors (Lipinski definition) is 3. The first-order valence-electron chi connectivity index (χ1n) is 3.96. The first-order chi connectivity index (χ1) is 4.88. The summed E-state index contributed by atoms with van der Waals surface area (Å²) in [5, 5.41) is 0. The molecule has 0 amide bonds. The first kappa shape index (κ1) is 12.5. The molecule has 2 bridgehead atoms. The lowest BCUT2D eigenvalue weighted by Gasteiger charge is -2.27. The highest BCUT2D eigenvalue weighted by Gasteiger charge is 2.32. The molecule has 0 aromatic rings. The van der Waals surface area contributed by atoms with Crippen LogP contribution in [0.5, 0.6) is 0 Å². The second kappa shape index (κ2) is 5.25. The number of piperidine rings is 1. The summed E-state index contributed by atoms with van der Waals surface area (Å²) in [5.41, 5.74) is 0. The zero-order valence-corrected chi connectivity index (χ0v) is 8.57. The molecule has 2 N–H and O–H groups in total. The zero-order valence-electron chi connectivity index (χ0n) is 6.94. The molecule has 0 aliphatic carbocycles. The van der Waals surface area contributed by atoms with E-state index >= 15 is 0 Å². The molecule has 5 heteroatoms. The van der Waals surface area contributed by atoms with Gasteiger partial charge in [0, 0.05) is 13.1 Å². The van der Waals surface area contributed by atoms with E-state index in [1.165, 1.54) is 25.9 Å². The lowest BCUT2D eigenvalue weighted by atomic mass is 9.99. The Labute approximate surface area is 85.4 Å². The van der Waals surface area contributed by atoms with Gasteiger partial charge >= 0.3 is 0 Å². The van der Waals surface area contributed by atoms with Crippen molar-refractivity contribution in [3.8, 4) is 0 Å². The van der Waals surface area contributed by atoms with Crippen molar-refractivity contribution in [2.24, 2.45) is 11.8 Å². The molecule has 2 rings (SSSR count). The summed E-state index contributed by atoms with van der Waals surface area (Å²) in [6.45, 7) is 3.58. The van der Waals surface area contributed by atoms with Crippen molar-refractivity contribution in [2.75, 3.05) is 19.6 Å². The van der Waals surface area contributed by atoms with Crippen molar-refractivity contribution in [1.29, 1.82) is 0 Å². The molecule has 0 radical (unpaired) electrons. The Bertz CT molecular complexity index is 125. The van der Waals surface area contributed by atoms with Crippen LogP contribution >= 0.6 is 24.8 Å². The number of nitrogens with two attached hydrogens (primary N) is 1. The molecule has 3 atom stereocenters. The van der Waals surface area contributed by atoms with Crippen molar-refractivity contribution in [3.63, 3.8) is 0 Å². The van der Waals surface area contributed by atoms with Gasteiger partial charge < -0.3 is 4.90 Å². The summed E-state index contributed by atoms with van der Waals surface area (Å²) in [6.07, 6.45) is 2.83. The van der Waals surface area contributed by atoms with Crippen LogP contribution in [-0.2, 0) is 4.84 Å². The highest BCUT2D eigenvalue weighted by atomic mass is 35.5. The minimum atomic E-state index is 0. The number of hydrogen-bond donors (Lipinski definition) is 1. The molecule has 74 valence electrons. The molecular formula is C7H16Cl2N2O. The van der Waals surface area contributed by atoms with E-state index in [4.69, 9.17) is 10.7 Å². The molecule has 3 nitrogen and oxygen atoms in total. The lowest BCUT2D eigenvalue weighted by molar-refractivity contribution is 0.00126. The molecule has 2 fully saturated rings. The second-order valence-electron chi connectivity index (χ2n) is 3.41. The van der Waals surface area contributed by atoms with Crippen molar-refractivity contribution in [3.05, 3.63) is 0 Å².